The third-order valence-corrected chi connectivity index (χ3v) is 4.50. The molecule has 0 aromatic heterocycles. The summed E-state index contributed by atoms with van der Waals surface area (Å²) in [5.41, 5.74) is 0. The molecule has 0 aliphatic heterocycles. The topological polar surface area (TPSA) is 12.0 Å². The zero-order valence-electron chi connectivity index (χ0n) is 15.5. The van der Waals surface area contributed by atoms with Gasteiger partial charge in [-0.25, -0.2) is 0 Å². The summed E-state index contributed by atoms with van der Waals surface area (Å²) < 4.78 is 0. The zero-order chi connectivity index (χ0) is 16.1. The highest BCUT2D eigenvalue weighted by Crippen LogP contribution is 2.13. The van der Waals surface area contributed by atoms with Crippen molar-refractivity contribution in [1.29, 1.82) is 0 Å². The monoisotopic (exact) mass is 309 g/mol. The number of hydrogen-bond donors (Lipinski definition) is 1. The normalized spacial score (nSPS) is 11.0. The van der Waals surface area contributed by atoms with Gasteiger partial charge in [0, 0.05) is 6.54 Å². The van der Waals surface area contributed by atoms with Crippen LogP contribution in [0.25, 0.3) is 0 Å². The average molecular weight is 310 g/mol. The summed E-state index contributed by atoms with van der Waals surface area (Å²) in [6, 6.07) is 0. The number of hydrogen-bond acceptors (Lipinski definition) is 1. The highest BCUT2D eigenvalue weighted by atomic mass is 14.8. The lowest BCUT2D eigenvalue weighted by atomic mass is 10.0. The van der Waals surface area contributed by atoms with Crippen LogP contribution in [0.5, 0.6) is 0 Å². The van der Waals surface area contributed by atoms with Gasteiger partial charge in [-0.15, -0.1) is 6.58 Å². The second-order valence-corrected chi connectivity index (χ2v) is 6.80. The van der Waals surface area contributed by atoms with E-state index in [0.29, 0.717) is 0 Å². The molecule has 0 aromatic rings. The predicted octanol–water partition coefficient (Wildman–Crippen LogP) is 7.02. The lowest BCUT2D eigenvalue weighted by molar-refractivity contribution is 0.527. The van der Waals surface area contributed by atoms with Gasteiger partial charge in [-0.05, 0) is 13.0 Å². The standard InChI is InChI=1S/C21H43N/c1-3-5-6-7-8-9-10-11-12-13-14-15-16-17-18-19-21-22-20-4-2/h4,22H,2-3,5-21H2,1H3. The molecule has 22 heavy (non-hydrogen) atoms. The molecule has 0 aliphatic rings. The maximum absolute atomic E-state index is 3.71. The van der Waals surface area contributed by atoms with Crippen LogP contribution in [0.3, 0.4) is 0 Å². The summed E-state index contributed by atoms with van der Waals surface area (Å²) in [5.74, 6) is 0. The van der Waals surface area contributed by atoms with Gasteiger partial charge in [0.05, 0.1) is 0 Å². The first-order chi connectivity index (χ1) is 10.9. The zero-order valence-corrected chi connectivity index (χ0v) is 15.5. The van der Waals surface area contributed by atoms with E-state index in [1.165, 1.54) is 103 Å². The Morgan fingerprint density at radius 2 is 0.955 bits per heavy atom. The number of unbranched alkanes of at least 4 members (excludes halogenated alkanes) is 15. The first-order valence-electron chi connectivity index (χ1n) is 10.2. The van der Waals surface area contributed by atoms with Crippen molar-refractivity contribution in [1.82, 2.24) is 5.32 Å². The van der Waals surface area contributed by atoms with Crippen LogP contribution in [-0.2, 0) is 0 Å². The smallest absolute Gasteiger partial charge is 0.0132 e. The first-order valence-corrected chi connectivity index (χ1v) is 10.2. The molecule has 0 aromatic carbocycles. The van der Waals surface area contributed by atoms with Crippen molar-refractivity contribution in [3.8, 4) is 0 Å². The van der Waals surface area contributed by atoms with E-state index in [4.69, 9.17) is 0 Å². The quantitative estimate of drug-likeness (QED) is 0.199. The molecule has 1 nitrogen and oxygen atoms in total. The minimum absolute atomic E-state index is 0.957. The second kappa shape index (κ2) is 20.7. The van der Waals surface area contributed by atoms with E-state index >= 15 is 0 Å². The Balaban J connectivity index is 2.92. The summed E-state index contributed by atoms with van der Waals surface area (Å²) in [7, 11) is 0. The van der Waals surface area contributed by atoms with Crippen molar-refractivity contribution in [3.05, 3.63) is 12.7 Å². The molecule has 0 unspecified atom stereocenters. The molecule has 0 spiro atoms. The lowest BCUT2D eigenvalue weighted by Crippen LogP contribution is -2.14. The van der Waals surface area contributed by atoms with Crippen LogP contribution in [0.4, 0.5) is 0 Å². The van der Waals surface area contributed by atoms with Crippen LogP contribution in [-0.4, -0.2) is 13.1 Å². The fraction of sp³-hybridized carbons (Fsp3) is 0.905. The molecule has 0 saturated carbocycles. The molecule has 0 heterocycles. The predicted molar refractivity (Wildman–Crippen MR) is 103 cm³/mol. The minimum Gasteiger partial charge on any atom is -0.313 e. The second-order valence-electron chi connectivity index (χ2n) is 6.80. The lowest BCUT2D eigenvalue weighted by Gasteiger charge is -2.04. The maximum Gasteiger partial charge on any atom is 0.0132 e. The Labute approximate surface area is 141 Å². The molecular formula is C21H43N. The Morgan fingerprint density at radius 3 is 1.32 bits per heavy atom. The van der Waals surface area contributed by atoms with Gasteiger partial charge in [0.2, 0.25) is 0 Å². The molecular weight excluding hydrogens is 266 g/mol. The molecule has 0 aliphatic carbocycles. The van der Waals surface area contributed by atoms with Gasteiger partial charge in [0.1, 0.15) is 0 Å². The fourth-order valence-electron chi connectivity index (χ4n) is 3.00. The van der Waals surface area contributed by atoms with E-state index in [-0.39, 0.29) is 0 Å². The van der Waals surface area contributed by atoms with Gasteiger partial charge in [0.25, 0.3) is 0 Å². The molecule has 0 amide bonds. The van der Waals surface area contributed by atoms with Crippen LogP contribution in [0.2, 0.25) is 0 Å². The maximum atomic E-state index is 3.71. The molecule has 1 N–H and O–H groups in total. The summed E-state index contributed by atoms with van der Waals surface area (Å²) in [4.78, 5) is 0. The van der Waals surface area contributed by atoms with Gasteiger partial charge >= 0.3 is 0 Å². The van der Waals surface area contributed by atoms with Crippen molar-refractivity contribution in [2.24, 2.45) is 0 Å². The highest BCUT2D eigenvalue weighted by molar-refractivity contribution is 4.69. The molecule has 0 radical (unpaired) electrons. The van der Waals surface area contributed by atoms with Crippen molar-refractivity contribution in [2.45, 2.75) is 110 Å². The fourth-order valence-corrected chi connectivity index (χ4v) is 3.00. The molecule has 0 bridgehead atoms. The Kier molecular flexibility index (Phi) is 20.4. The molecule has 0 rings (SSSR count). The van der Waals surface area contributed by atoms with Crippen molar-refractivity contribution < 1.29 is 0 Å². The van der Waals surface area contributed by atoms with E-state index in [0.717, 1.165) is 13.1 Å². The van der Waals surface area contributed by atoms with Gasteiger partial charge in [-0.3, -0.25) is 0 Å². The third-order valence-electron chi connectivity index (χ3n) is 4.50. The summed E-state index contributed by atoms with van der Waals surface area (Å²) in [6.07, 6.45) is 25.0. The molecule has 0 saturated heterocycles. The van der Waals surface area contributed by atoms with Gasteiger partial charge in [-0.2, -0.15) is 0 Å². The Hall–Kier alpha value is -0.300. The molecule has 0 fully saturated rings. The van der Waals surface area contributed by atoms with E-state index in [2.05, 4.69) is 18.8 Å². The van der Waals surface area contributed by atoms with Crippen molar-refractivity contribution in [3.63, 3.8) is 0 Å². The van der Waals surface area contributed by atoms with Crippen LogP contribution in [0.15, 0.2) is 12.7 Å². The Morgan fingerprint density at radius 1 is 0.591 bits per heavy atom. The van der Waals surface area contributed by atoms with E-state index in [1.807, 2.05) is 6.08 Å². The van der Waals surface area contributed by atoms with E-state index in [9.17, 15) is 0 Å². The average Bonchev–Trinajstić information content (AvgIpc) is 2.54. The highest BCUT2D eigenvalue weighted by Gasteiger charge is 1.94. The number of nitrogens with one attached hydrogen (secondary N) is 1. The van der Waals surface area contributed by atoms with Gasteiger partial charge in [0.15, 0.2) is 0 Å². The van der Waals surface area contributed by atoms with Crippen LogP contribution < -0.4 is 5.32 Å². The van der Waals surface area contributed by atoms with E-state index < -0.39 is 0 Å². The van der Waals surface area contributed by atoms with Gasteiger partial charge < -0.3 is 5.32 Å². The first kappa shape index (κ1) is 21.7. The van der Waals surface area contributed by atoms with E-state index in [1.54, 1.807) is 0 Å². The van der Waals surface area contributed by atoms with Gasteiger partial charge in [-0.1, -0.05) is 109 Å². The number of rotatable bonds is 19. The van der Waals surface area contributed by atoms with Crippen LogP contribution in [0, 0.1) is 0 Å². The van der Waals surface area contributed by atoms with Crippen molar-refractivity contribution in [2.75, 3.05) is 13.1 Å². The summed E-state index contributed by atoms with van der Waals surface area (Å²) in [6.45, 7) is 8.12. The Bertz CT molecular complexity index is 200. The molecule has 132 valence electrons. The third kappa shape index (κ3) is 19.7. The van der Waals surface area contributed by atoms with Crippen LogP contribution >= 0.6 is 0 Å². The molecule has 1 heteroatoms. The summed E-state index contributed by atoms with van der Waals surface area (Å²) in [5, 5.41) is 3.37. The largest absolute Gasteiger partial charge is 0.313 e. The summed E-state index contributed by atoms with van der Waals surface area (Å²) >= 11 is 0. The minimum atomic E-state index is 0.957. The van der Waals surface area contributed by atoms with Crippen molar-refractivity contribution >= 4 is 0 Å². The SMILES string of the molecule is C=CCNCCCCCCCCCCCCCCCCCC. The van der Waals surface area contributed by atoms with Crippen LogP contribution in [0.1, 0.15) is 110 Å². The molecule has 0 atom stereocenters.